The van der Waals surface area contributed by atoms with E-state index in [9.17, 15) is 4.39 Å². The van der Waals surface area contributed by atoms with E-state index in [1.807, 2.05) is 12.1 Å². The average Bonchev–Trinajstić information content (AvgIpc) is 2.34. The molecule has 0 heterocycles. The Kier molecular flexibility index (Phi) is 5.39. The van der Waals surface area contributed by atoms with Crippen molar-refractivity contribution in [3.05, 3.63) is 35.1 Å². The van der Waals surface area contributed by atoms with Crippen molar-refractivity contribution in [1.29, 1.82) is 0 Å². The Bertz CT molecular complexity index is 461. The number of hydrogen-bond acceptors (Lipinski definition) is 2. The molecule has 3 heteroatoms. The standard InChI is InChI=1S/C18H29FN2/c1-18(2,3)20-11-15-8-9-17(19)16(10-15)13-21(4)12-14-6-5-7-14/h8-10,14,20H,5-7,11-13H2,1-4H3. The lowest BCUT2D eigenvalue weighted by Gasteiger charge is -2.30. The molecule has 1 saturated carbocycles. The summed E-state index contributed by atoms with van der Waals surface area (Å²) in [5, 5.41) is 3.45. The van der Waals surface area contributed by atoms with Crippen molar-refractivity contribution >= 4 is 0 Å². The minimum absolute atomic E-state index is 0.0789. The molecule has 0 amide bonds. The normalized spacial score (nSPS) is 16.3. The van der Waals surface area contributed by atoms with E-state index in [2.05, 4.69) is 38.0 Å². The Labute approximate surface area is 128 Å². The van der Waals surface area contributed by atoms with E-state index >= 15 is 0 Å². The van der Waals surface area contributed by atoms with Crippen molar-refractivity contribution in [1.82, 2.24) is 10.2 Å². The lowest BCUT2D eigenvalue weighted by molar-refractivity contribution is 0.199. The second kappa shape index (κ2) is 6.89. The van der Waals surface area contributed by atoms with E-state index in [4.69, 9.17) is 0 Å². The molecule has 2 nitrogen and oxygen atoms in total. The van der Waals surface area contributed by atoms with E-state index in [0.717, 1.165) is 30.1 Å². The summed E-state index contributed by atoms with van der Waals surface area (Å²) in [6.45, 7) is 9.00. The van der Waals surface area contributed by atoms with Gasteiger partial charge in [0, 0.05) is 30.7 Å². The number of hydrogen-bond donors (Lipinski definition) is 1. The SMILES string of the molecule is CN(Cc1cc(CNC(C)(C)C)ccc1F)CC1CCC1. The van der Waals surface area contributed by atoms with Gasteiger partial charge in [-0.05, 0) is 58.2 Å². The molecule has 1 aliphatic rings. The van der Waals surface area contributed by atoms with Gasteiger partial charge >= 0.3 is 0 Å². The van der Waals surface area contributed by atoms with Gasteiger partial charge in [0.15, 0.2) is 0 Å². The molecule has 0 aliphatic heterocycles. The first kappa shape index (κ1) is 16.4. The van der Waals surface area contributed by atoms with Crippen molar-refractivity contribution < 1.29 is 4.39 Å². The lowest BCUT2D eigenvalue weighted by atomic mass is 9.85. The molecule has 1 aromatic carbocycles. The molecular formula is C18H29FN2. The van der Waals surface area contributed by atoms with Crippen molar-refractivity contribution in [2.75, 3.05) is 13.6 Å². The van der Waals surface area contributed by atoms with Crippen LogP contribution in [0.3, 0.4) is 0 Å². The van der Waals surface area contributed by atoms with E-state index in [0.29, 0.717) is 6.54 Å². The molecule has 0 atom stereocenters. The number of rotatable bonds is 6. The third kappa shape index (κ3) is 5.40. The molecule has 2 rings (SSSR count). The van der Waals surface area contributed by atoms with Gasteiger partial charge in [-0.1, -0.05) is 18.6 Å². The summed E-state index contributed by atoms with van der Waals surface area (Å²) in [5.74, 6) is 0.735. The fourth-order valence-corrected chi connectivity index (χ4v) is 2.70. The lowest BCUT2D eigenvalue weighted by Crippen LogP contribution is -2.35. The Morgan fingerprint density at radius 3 is 2.57 bits per heavy atom. The van der Waals surface area contributed by atoms with Crippen LogP contribution in [0, 0.1) is 11.7 Å². The quantitative estimate of drug-likeness (QED) is 0.854. The van der Waals surface area contributed by atoms with Crippen molar-refractivity contribution in [3.8, 4) is 0 Å². The summed E-state index contributed by atoms with van der Waals surface area (Å²) in [6.07, 6.45) is 4.03. The second-order valence-corrected chi connectivity index (χ2v) is 7.52. The molecule has 118 valence electrons. The summed E-state index contributed by atoms with van der Waals surface area (Å²) < 4.78 is 14.0. The molecule has 21 heavy (non-hydrogen) atoms. The van der Waals surface area contributed by atoms with Crippen LogP contribution in [0.15, 0.2) is 18.2 Å². The average molecular weight is 292 g/mol. The van der Waals surface area contributed by atoms with E-state index < -0.39 is 0 Å². The first-order valence-electron chi connectivity index (χ1n) is 8.04. The maximum atomic E-state index is 14.0. The van der Waals surface area contributed by atoms with Gasteiger partial charge in [0.2, 0.25) is 0 Å². The van der Waals surface area contributed by atoms with Crippen LogP contribution in [0.2, 0.25) is 0 Å². The van der Waals surface area contributed by atoms with Crippen LogP contribution in [0.1, 0.15) is 51.2 Å². The first-order chi connectivity index (χ1) is 9.83. The number of halogens is 1. The van der Waals surface area contributed by atoms with E-state index in [1.54, 1.807) is 6.07 Å². The van der Waals surface area contributed by atoms with Crippen LogP contribution in [-0.2, 0) is 13.1 Å². The highest BCUT2D eigenvalue weighted by Gasteiger charge is 2.19. The minimum Gasteiger partial charge on any atom is -0.308 e. The highest BCUT2D eigenvalue weighted by molar-refractivity contribution is 5.25. The molecule has 0 radical (unpaired) electrons. The zero-order valence-electron chi connectivity index (χ0n) is 13.9. The molecule has 1 fully saturated rings. The fraction of sp³-hybridized carbons (Fsp3) is 0.667. The zero-order valence-corrected chi connectivity index (χ0v) is 13.9. The maximum Gasteiger partial charge on any atom is 0.127 e. The minimum atomic E-state index is -0.0880. The second-order valence-electron chi connectivity index (χ2n) is 7.52. The predicted octanol–water partition coefficient (Wildman–Crippen LogP) is 3.95. The molecule has 0 unspecified atom stereocenters. The Morgan fingerprint density at radius 2 is 2.00 bits per heavy atom. The topological polar surface area (TPSA) is 15.3 Å². The Balaban J connectivity index is 1.94. The van der Waals surface area contributed by atoms with Gasteiger partial charge in [0.1, 0.15) is 5.82 Å². The highest BCUT2D eigenvalue weighted by Crippen LogP contribution is 2.27. The van der Waals surface area contributed by atoms with Gasteiger partial charge in [0.25, 0.3) is 0 Å². The van der Waals surface area contributed by atoms with Crippen LogP contribution in [-0.4, -0.2) is 24.0 Å². The summed E-state index contributed by atoms with van der Waals surface area (Å²) in [5.41, 5.74) is 2.04. The summed E-state index contributed by atoms with van der Waals surface area (Å²) in [7, 11) is 2.10. The predicted molar refractivity (Wildman–Crippen MR) is 86.7 cm³/mol. The molecule has 0 aromatic heterocycles. The Hall–Kier alpha value is -0.930. The zero-order chi connectivity index (χ0) is 15.5. The van der Waals surface area contributed by atoms with Gasteiger partial charge in [-0.25, -0.2) is 4.39 Å². The van der Waals surface area contributed by atoms with Crippen molar-refractivity contribution in [3.63, 3.8) is 0 Å². The van der Waals surface area contributed by atoms with Gasteiger partial charge in [-0.15, -0.1) is 0 Å². The van der Waals surface area contributed by atoms with Crippen LogP contribution in [0.5, 0.6) is 0 Å². The van der Waals surface area contributed by atoms with Gasteiger partial charge < -0.3 is 10.2 Å². The summed E-state index contributed by atoms with van der Waals surface area (Å²) in [6, 6.07) is 5.49. The van der Waals surface area contributed by atoms with Crippen LogP contribution in [0.4, 0.5) is 4.39 Å². The molecular weight excluding hydrogens is 263 g/mol. The third-order valence-electron chi connectivity index (χ3n) is 4.17. The molecule has 0 spiro atoms. The van der Waals surface area contributed by atoms with Gasteiger partial charge in [-0.2, -0.15) is 0 Å². The molecule has 0 bridgehead atoms. The number of nitrogens with one attached hydrogen (secondary N) is 1. The molecule has 0 saturated heterocycles. The molecule has 1 N–H and O–H groups in total. The fourth-order valence-electron chi connectivity index (χ4n) is 2.70. The smallest absolute Gasteiger partial charge is 0.127 e. The van der Waals surface area contributed by atoms with Crippen molar-refractivity contribution in [2.24, 2.45) is 5.92 Å². The highest BCUT2D eigenvalue weighted by atomic mass is 19.1. The molecule has 1 aromatic rings. The van der Waals surface area contributed by atoms with Crippen molar-refractivity contribution in [2.45, 2.75) is 58.7 Å². The van der Waals surface area contributed by atoms with Gasteiger partial charge in [-0.3, -0.25) is 0 Å². The van der Waals surface area contributed by atoms with E-state index in [1.165, 1.54) is 19.3 Å². The summed E-state index contributed by atoms with van der Waals surface area (Å²) in [4.78, 5) is 2.25. The van der Waals surface area contributed by atoms with Crippen LogP contribution < -0.4 is 5.32 Å². The third-order valence-corrected chi connectivity index (χ3v) is 4.17. The van der Waals surface area contributed by atoms with Crippen LogP contribution in [0.25, 0.3) is 0 Å². The first-order valence-corrected chi connectivity index (χ1v) is 8.04. The van der Waals surface area contributed by atoms with Gasteiger partial charge in [0.05, 0.1) is 0 Å². The molecule has 1 aliphatic carbocycles. The largest absolute Gasteiger partial charge is 0.308 e. The Morgan fingerprint density at radius 1 is 1.29 bits per heavy atom. The number of benzene rings is 1. The number of nitrogens with zero attached hydrogens (tertiary/aromatic N) is 1. The van der Waals surface area contributed by atoms with E-state index in [-0.39, 0.29) is 11.4 Å². The van der Waals surface area contributed by atoms with Crippen LogP contribution >= 0.6 is 0 Å². The summed E-state index contributed by atoms with van der Waals surface area (Å²) >= 11 is 0. The monoisotopic (exact) mass is 292 g/mol. The maximum absolute atomic E-state index is 14.0.